The second-order valence-corrected chi connectivity index (χ2v) is 7.95. The summed E-state index contributed by atoms with van der Waals surface area (Å²) in [5.41, 5.74) is 1.28. The lowest BCUT2D eigenvalue weighted by molar-refractivity contribution is -0.128. The number of nitrogens with one attached hydrogen (secondary N) is 1. The molecule has 29 heavy (non-hydrogen) atoms. The van der Waals surface area contributed by atoms with E-state index in [1.165, 1.54) is 0 Å². The number of hydrogen-bond donors (Lipinski definition) is 1. The molecule has 0 saturated carbocycles. The van der Waals surface area contributed by atoms with Gasteiger partial charge in [0.25, 0.3) is 0 Å². The molecule has 0 bridgehead atoms. The summed E-state index contributed by atoms with van der Waals surface area (Å²) < 4.78 is 5.34. The number of ether oxygens (including phenoxy) is 1. The number of carbonyl (C=O) groups is 2. The van der Waals surface area contributed by atoms with Crippen LogP contribution in [0.15, 0.2) is 49.3 Å². The van der Waals surface area contributed by atoms with Crippen molar-refractivity contribution in [3.05, 3.63) is 55.1 Å². The van der Waals surface area contributed by atoms with Crippen molar-refractivity contribution >= 4 is 17.7 Å². The monoisotopic (exact) mass is 394 g/mol. The molecule has 152 valence electrons. The molecule has 7 heteroatoms. The first-order valence-corrected chi connectivity index (χ1v) is 9.61. The molecule has 1 aliphatic rings. The second kappa shape index (κ2) is 8.43. The fourth-order valence-electron chi connectivity index (χ4n) is 3.19. The van der Waals surface area contributed by atoms with Crippen LogP contribution in [-0.4, -0.2) is 39.0 Å². The fourth-order valence-corrected chi connectivity index (χ4v) is 3.19. The van der Waals surface area contributed by atoms with Crippen LogP contribution in [-0.2, 0) is 16.0 Å². The van der Waals surface area contributed by atoms with Gasteiger partial charge in [-0.2, -0.15) is 0 Å². The zero-order chi connectivity index (χ0) is 21.0. The maximum absolute atomic E-state index is 12.4. The summed E-state index contributed by atoms with van der Waals surface area (Å²) in [6.07, 6.45) is 3.74. The molecule has 0 radical (unpaired) electrons. The molecule has 2 aromatic rings. The first-order valence-electron chi connectivity index (χ1n) is 9.61. The van der Waals surface area contributed by atoms with Gasteiger partial charge in [-0.05, 0) is 33.4 Å². The topological polar surface area (TPSA) is 84.4 Å². The first kappa shape index (κ1) is 20.5. The summed E-state index contributed by atoms with van der Waals surface area (Å²) in [7, 11) is 0. The Balaban J connectivity index is 1.87. The maximum Gasteiger partial charge on any atom is 0.412 e. The number of nitrogens with zero attached hydrogens (tertiary/aromatic N) is 3. The molecule has 1 N–H and O–H groups in total. The van der Waals surface area contributed by atoms with E-state index in [1.54, 1.807) is 38.1 Å². The second-order valence-electron chi connectivity index (χ2n) is 7.95. The number of benzene rings is 1. The zero-order valence-electron chi connectivity index (χ0n) is 17.0. The van der Waals surface area contributed by atoms with Crippen LogP contribution < -0.4 is 5.32 Å². The molecular weight excluding hydrogens is 368 g/mol. The molecule has 1 aliphatic heterocycles. The van der Waals surface area contributed by atoms with E-state index in [9.17, 15) is 9.59 Å². The third-order valence-electron chi connectivity index (χ3n) is 4.52. The van der Waals surface area contributed by atoms with Gasteiger partial charge in [0.05, 0.1) is 17.6 Å². The summed E-state index contributed by atoms with van der Waals surface area (Å²) in [6, 6.07) is 9.53. The molecule has 1 aromatic carbocycles. The van der Waals surface area contributed by atoms with E-state index in [0.717, 1.165) is 12.0 Å². The van der Waals surface area contributed by atoms with Crippen LogP contribution in [0.1, 0.15) is 33.0 Å². The summed E-state index contributed by atoms with van der Waals surface area (Å²) in [4.78, 5) is 35.3. The Morgan fingerprint density at radius 3 is 2.69 bits per heavy atom. The van der Waals surface area contributed by atoms with Crippen molar-refractivity contribution in [2.45, 2.75) is 39.2 Å². The predicted octanol–water partition coefficient (Wildman–Crippen LogP) is 4.03. The molecule has 1 unspecified atom stereocenters. The van der Waals surface area contributed by atoms with Crippen molar-refractivity contribution in [1.82, 2.24) is 14.9 Å². The summed E-state index contributed by atoms with van der Waals surface area (Å²) in [5.74, 6) is 0.435. The van der Waals surface area contributed by atoms with E-state index in [-0.39, 0.29) is 11.8 Å². The number of amides is 2. The number of aromatic nitrogens is 2. The average molecular weight is 394 g/mol. The van der Waals surface area contributed by atoms with Crippen molar-refractivity contribution in [2.24, 2.45) is 5.92 Å². The summed E-state index contributed by atoms with van der Waals surface area (Å²) in [5, 5.41) is 2.74. The van der Waals surface area contributed by atoms with Crippen molar-refractivity contribution in [2.75, 3.05) is 11.9 Å². The molecule has 2 heterocycles. The number of anilines is 1. The molecule has 3 rings (SSSR count). The third kappa shape index (κ3) is 5.19. The van der Waals surface area contributed by atoms with E-state index < -0.39 is 11.7 Å². The highest BCUT2D eigenvalue weighted by Gasteiger charge is 2.31. The number of hydrogen-bond acceptors (Lipinski definition) is 5. The summed E-state index contributed by atoms with van der Waals surface area (Å²) >= 11 is 0. The van der Waals surface area contributed by atoms with Crippen molar-refractivity contribution < 1.29 is 14.3 Å². The average Bonchev–Trinajstić information content (AvgIpc) is 3.01. The smallest absolute Gasteiger partial charge is 0.412 e. The Labute approximate surface area is 170 Å². The standard InChI is InChI=1S/C22H26N4O3/c1-5-26-12-11-16(20(26)27)13-18-23-14-17(24-21(28)29-22(2,3)4)19(25-18)15-9-7-6-8-10-15/h5-10,14,16H,1,11-13H2,2-4H3,(H,24,28). The molecule has 0 aliphatic carbocycles. The van der Waals surface area contributed by atoms with E-state index in [0.29, 0.717) is 30.2 Å². The van der Waals surface area contributed by atoms with Crippen LogP contribution in [0.5, 0.6) is 0 Å². The van der Waals surface area contributed by atoms with Crippen LogP contribution in [0.3, 0.4) is 0 Å². The van der Waals surface area contributed by atoms with Gasteiger partial charge in [-0.25, -0.2) is 14.8 Å². The van der Waals surface area contributed by atoms with Gasteiger partial charge in [0.2, 0.25) is 5.91 Å². The van der Waals surface area contributed by atoms with Crippen LogP contribution in [0.25, 0.3) is 11.3 Å². The molecule has 0 spiro atoms. The minimum absolute atomic E-state index is 0.0424. The number of carbonyl (C=O) groups excluding carboxylic acids is 2. The fraction of sp³-hybridized carbons (Fsp3) is 0.364. The Hall–Kier alpha value is -3.22. The van der Waals surface area contributed by atoms with Crippen LogP contribution in [0.2, 0.25) is 0 Å². The highest BCUT2D eigenvalue weighted by Crippen LogP contribution is 2.28. The van der Waals surface area contributed by atoms with Crippen molar-refractivity contribution in [3.63, 3.8) is 0 Å². The number of rotatable bonds is 5. The predicted molar refractivity (Wildman–Crippen MR) is 111 cm³/mol. The Bertz CT molecular complexity index is 906. The van der Waals surface area contributed by atoms with E-state index in [4.69, 9.17) is 4.74 Å². The third-order valence-corrected chi connectivity index (χ3v) is 4.52. The van der Waals surface area contributed by atoms with E-state index in [2.05, 4.69) is 21.9 Å². The highest BCUT2D eigenvalue weighted by molar-refractivity contribution is 5.90. The Morgan fingerprint density at radius 1 is 1.34 bits per heavy atom. The highest BCUT2D eigenvalue weighted by atomic mass is 16.6. The number of likely N-dealkylation sites (tertiary alicyclic amines) is 1. The van der Waals surface area contributed by atoms with Crippen LogP contribution in [0.4, 0.5) is 10.5 Å². The van der Waals surface area contributed by atoms with Gasteiger partial charge in [-0.15, -0.1) is 0 Å². The van der Waals surface area contributed by atoms with Gasteiger partial charge >= 0.3 is 6.09 Å². The molecule has 1 saturated heterocycles. The largest absolute Gasteiger partial charge is 0.444 e. The lowest BCUT2D eigenvalue weighted by Gasteiger charge is -2.20. The van der Waals surface area contributed by atoms with Gasteiger partial charge in [0.15, 0.2) is 0 Å². The van der Waals surface area contributed by atoms with Crippen molar-refractivity contribution in [3.8, 4) is 11.3 Å². The van der Waals surface area contributed by atoms with Gasteiger partial charge in [-0.1, -0.05) is 36.9 Å². The van der Waals surface area contributed by atoms with Gasteiger partial charge in [0, 0.05) is 24.4 Å². The van der Waals surface area contributed by atoms with Crippen molar-refractivity contribution in [1.29, 1.82) is 0 Å². The summed E-state index contributed by atoms with van der Waals surface area (Å²) in [6.45, 7) is 9.74. The molecular formula is C22H26N4O3. The minimum atomic E-state index is -0.613. The Kier molecular flexibility index (Phi) is 5.96. The maximum atomic E-state index is 12.4. The normalized spacial score (nSPS) is 16.6. The lowest BCUT2D eigenvalue weighted by atomic mass is 10.0. The minimum Gasteiger partial charge on any atom is -0.444 e. The lowest BCUT2D eigenvalue weighted by Crippen LogP contribution is -2.27. The first-order chi connectivity index (χ1) is 13.8. The molecule has 1 aromatic heterocycles. The van der Waals surface area contributed by atoms with Gasteiger partial charge < -0.3 is 9.64 Å². The van der Waals surface area contributed by atoms with Gasteiger partial charge in [-0.3, -0.25) is 10.1 Å². The van der Waals surface area contributed by atoms with E-state index >= 15 is 0 Å². The molecule has 1 fully saturated rings. The molecule has 2 amide bonds. The quantitative estimate of drug-likeness (QED) is 0.828. The van der Waals surface area contributed by atoms with E-state index in [1.807, 2.05) is 30.3 Å². The zero-order valence-corrected chi connectivity index (χ0v) is 17.0. The Morgan fingerprint density at radius 2 is 2.07 bits per heavy atom. The van der Waals surface area contributed by atoms with Crippen LogP contribution >= 0.6 is 0 Å². The van der Waals surface area contributed by atoms with Gasteiger partial charge in [0.1, 0.15) is 11.4 Å². The van der Waals surface area contributed by atoms with Crippen LogP contribution in [0, 0.1) is 5.92 Å². The SMILES string of the molecule is C=CN1CCC(Cc2ncc(NC(=O)OC(C)(C)C)c(-c3ccccc3)n2)C1=O. The molecule has 7 nitrogen and oxygen atoms in total. The molecule has 1 atom stereocenters.